The number of sulfonamides is 1. The first-order valence-corrected chi connectivity index (χ1v) is 15.8. The van der Waals surface area contributed by atoms with Gasteiger partial charge in [-0.15, -0.1) is 0 Å². The molecule has 41 heavy (non-hydrogen) atoms. The Morgan fingerprint density at radius 3 is 2.63 bits per heavy atom. The zero-order valence-electron chi connectivity index (χ0n) is 23.5. The number of fused-ring (bicyclic) bond motifs is 2. The number of hydrogen-bond acceptors (Lipinski definition) is 4. The first-order chi connectivity index (χ1) is 19.7. The van der Waals surface area contributed by atoms with Crippen molar-refractivity contribution in [2.45, 2.75) is 45.3 Å². The maximum atomic E-state index is 14.5. The number of aryl methyl sites for hydroxylation is 1. The zero-order valence-corrected chi connectivity index (χ0v) is 24.3. The Labute approximate surface area is 241 Å². The molecular weight excluding hydrogens is 535 g/mol. The van der Waals surface area contributed by atoms with Crippen molar-refractivity contribution < 1.29 is 12.8 Å². The molecule has 0 N–H and O–H groups in total. The quantitative estimate of drug-likeness (QED) is 0.242. The smallest absolute Gasteiger partial charge is 0.218 e. The van der Waals surface area contributed by atoms with Crippen molar-refractivity contribution in [1.82, 2.24) is 19.1 Å². The van der Waals surface area contributed by atoms with Crippen LogP contribution < -0.4 is 0 Å². The van der Waals surface area contributed by atoms with E-state index in [1.54, 1.807) is 47.0 Å². The van der Waals surface area contributed by atoms with E-state index in [-0.39, 0.29) is 29.4 Å². The summed E-state index contributed by atoms with van der Waals surface area (Å²) in [5.41, 5.74) is 6.88. The Bertz CT molecular complexity index is 1680. The standard InChI is InChI=1S/C33H35FN4O2S/c1-24-9-13-30(14-10-24)38-32-18-28-11-12-29(33(28,2)19-27(32)21-36-38)22-37(17-15-26-7-3-4-8-31(26)34)41(39,40)23-25-6-5-16-35-20-25/h3-10,13-14,16,18,20-21,29H,11-12,15,17,19,22-23H2,1-2H3/t29?,33-/m0/s1. The van der Waals surface area contributed by atoms with Crippen molar-refractivity contribution in [3.8, 4) is 5.69 Å². The highest BCUT2D eigenvalue weighted by molar-refractivity contribution is 7.88. The predicted molar refractivity (Wildman–Crippen MR) is 159 cm³/mol. The summed E-state index contributed by atoms with van der Waals surface area (Å²) in [4.78, 5) is 4.10. The molecular formula is C33H35FN4O2S. The number of aromatic nitrogens is 3. The van der Waals surface area contributed by atoms with Crippen LogP contribution in [0.25, 0.3) is 11.8 Å². The first-order valence-electron chi connectivity index (χ1n) is 14.2. The van der Waals surface area contributed by atoms with E-state index in [0.29, 0.717) is 24.1 Å². The molecule has 0 bridgehead atoms. The molecule has 2 aromatic heterocycles. The van der Waals surface area contributed by atoms with E-state index in [0.717, 1.165) is 30.6 Å². The lowest BCUT2D eigenvalue weighted by Gasteiger charge is -2.38. The average Bonchev–Trinajstić information content (AvgIpc) is 3.50. The molecule has 2 aliphatic carbocycles. The van der Waals surface area contributed by atoms with Gasteiger partial charge in [0, 0.05) is 25.5 Å². The van der Waals surface area contributed by atoms with E-state index in [9.17, 15) is 12.8 Å². The molecule has 1 unspecified atom stereocenters. The van der Waals surface area contributed by atoms with Crippen LogP contribution in [0.15, 0.2) is 84.8 Å². The third-order valence-corrected chi connectivity index (χ3v) is 10.7. The number of halogens is 1. The summed E-state index contributed by atoms with van der Waals surface area (Å²) in [5, 5.41) is 4.72. The maximum Gasteiger partial charge on any atom is 0.218 e. The number of pyridine rings is 1. The first kappa shape index (κ1) is 27.5. The SMILES string of the molecule is Cc1ccc(-n2ncc3c2C=C2CCC(CN(CCc4ccccc4F)S(=O)(=O)Cc4cccnc4)[C@@]2(C)C3)cc1. The van der Waals surface area contributed by atoms with Crippen molar-refractivity contribution in [2.24, 2.45) is 11.3 Å². The molecule has 212 valence electrons. The highest BCUT2D eigenvalue weighted by atomic mass is 32.2. The van der Waals surface area contributed by atoms with Gasteiger partial charge in [0.05, 0.1) is 23.3 Å². The van der Waals surface area contributed by atoms with E-state index < -0.39 is 10.0 Å². The molecule has 6 nitrogen and oxygen atoms in total. The molecule has 0 radical (unpaired) electrons. The Morgan fingerprint density at radius 1 is 1.07 bits per heavy atom. The molecule has 0 spiro atoms. The zero-order chi connectivity index (χ0) is 28.6. The third kappa shape index (κ3) is 5.51. The van der Waals surface area contributed by atoms with Gasteiger partial charge in [-0.25, -0.2) is 21.8 Å². The number of nitrogens with zero attached hydrogens (tertiary/aromatic N) is 4. The van der Waals surface area contributed by atoms with Crippen LogP contribution in [0.5, 0.6) is 0 Å². The minimum atomic E-state index is -3.67. The lowest BCUT2D eigenvalue weighted by atomic mass is 9.70. The van der Waals surface area contributed by atoms with E-state index in [1.807, 2.05) is 10.9 Å². The van der Waals surface area contributed by atoms with Crippen LogP contribution in [0.2, 0.25) is 0 Å². The fourth-order valence-electron chi connectivity index (χ4n) is 6.44. The monoisotopic (exact) mass is 570 g/mol. The molecule has 2 aliphatic rings. The van der Waals surface area contributed by atoms with Gasteiger partial charge in [-0.1, -0.05) is 54.5 Å². The van der Waals surface area contributed by atoms with E-state index in [4.69, 9.17) is 5.10 Å². The number of allylic oxidation sites excluding steroid dienone is 1. The fraction of sp³-hybridized carbons (Fsp3) is 0.333. The van der Waals surface area contributed by atoms with Crippen molar-refractivity contribution >= 4 is 16.1 Å². The molecule has 1 fully saturated rings. The van der Waals surface area contributed by atoms with Crippen LogP contribution in [-0.2, 0) is 28.6 Å². The topological polar surface area (TPSA) is 68.1 Å². The Kier molecular flexibility index (Phi) is 7.38. The minimum absolute atomic E-state index is 0.127. The number of benzene rings is 2. The van der Waals surface area contributed by atoms with Gasteiger partial charge in [-0.05, 0) is 91.0 Å². The second kappa shape index (κ2) is 11.0. The van der Waals surface area contributed by atoms with E-state index in [1.165, 1.54) is 22.8 Å². The summed E-state index contributed by atoms with van der Waals surface area (Å²) >= 11 is 0. The Balaban J connectivity index is 1.27. The van der Waals surface area contributed by atoms with Crippen LogP contribution in [0, 0.1) is 24.1 Å². The molecule has 2 aromatic carbocycles. The molecule has 8 heteroatoms. The second-order valence-electron chi connectivity index (χ2n) is 11.6. The summed E-state index contributed by atoms with van der Waals surface area (Å²) in [6.45, 7) is 4.97. The van der Waals surface area contributed by atoms with Crippen molar-refractivity contribution in [3.63, 3.8) is 0 Å². The van der Waals surface area contributed by atoms with Gasteiger partial charge in [0.25, 0.3) is 0 Å². The van der Waals surface area contributed by atoms with Crippen LogP contribution >= 0.6 is 0 Å². The number of rotatable bonds is 9. The van der Waals surface area contributed by atoms with Crippen LogP contribution in [0.3, 0.4) is 0 Å². The third-order valence-electron chi connectivity index (χ3n) is 8.91. The predicted octanol–water partition coefficient (Wildman–Crippen LogP) is 6.15. The average molecular weight is 571 g/mol. The minimum Gasteiger partial charge on any atom is -0.264 e. The molecule has 4 aromatic rings. The van der Waals surface area contributed by atoms with Gasteiger partial charge < -0.3 is 0 Å². The molecule has 0 aliphatic heterocycles. The summed E-state index contributed by atoms with van der Waals surface area (Å²) < 4.78 is 45.7. The number of hydrogen-bond donors (Lipinski definition) is 0. The van der Waals surface area contributed by atoms with Crippen molar-refractivity contribution in [2.75, 3.05) is 13.1 Å². The summed E-state index contributed by atoms with van der Waals surface area (Å²) in [5.74, 6) is -0.299. The van der Waals surface area contributed by atoms with Gasteiger partial charge in [0.15, 0.2) is 0 Å². The molecule has 1 saturated carbocycles. The fourth-order valence-corrected chi connectivity index (χ4v) is 7.99. The molecule has 2 atom stereocenters. The molecule has 0 saturated heterocycles. The molecule has 2 heterocycles. The van der Waals surface area contributed by atoms with Gasteiger partial charge in [-0.2, -0.15) is 5.10 Å². The van der Waals surface area contributed by atoms with Gasteiger partial charge in [0.2, 0.25) is 10.0 Å². The van der Waals surface area contributed by atoms with Gasteiger partial charge >= 0.3 is 0 Å². The normalized spacial score (nSPS) is 20.1. The maximum absolute atomic E-state index is 14.5. The Morgan fingerprint density at radius 2 is 1.88 bits per heavy atom. The lowest BCUT2D eigenvalue weighted by molar-refractivity contribution is 0.221. The Hall–Kier alpha value is -3.62. The van der Waals surface area contributed by atoms with Crippen LogP contribution in [0.1, 0.15) is 47.7 Å². The van der Waals surface area contributed by atoms with E-state index in [2.05, 4.69) is 49.2 Å². The van der Waals surface area contributed by atoms with Crippen LogP contribution in [0.4, 0.5) is 4.39 Å². The van der Waals surface area contributed by atoms with Gasteiger partial charge in [-0.3, -0.25) is 4.98 Å². The highest BCUT2D eigenvalue weighted by Gasteiger charge is 2.47. The molecule has 0 amide bonds. The van der Waals surface area contributed by atoms with Crippen molar-refractivity contribution in [3.05, 3.63) is 119 Å². The highest BCUT2D eigenvalue weighted by Crippen LogP contribution is 2.53. The van der Waals surface area contributed by atoms with Crippen molar-refractivity contribution in [1.29, 1.82) is 0 Å². The summed E-state index contributed by atoms with van der Waals surface area (Å²) in [6, 6.07) is 18.5. The largest absolute Gasteiger partial charge is 0.264 e. The van der Waals surface area contributed by atoms with Gasteiger partial charge in [0.1, 0.15) is 5.82 Å². The van der Waals surface area contributed by atoms with E-state index >= 15 is 0 Å². The second-order valence-corrected chi connectivity index (χ2v) is 13.6. The van der Waals surface area contributed by atoms with Crippen LogP contribution in [-0.4, -0.2) is 40.6 Å². The lowest BCUT2D eigenvalue weighted by Crippen LogP contribution is -2.42. The summed E-state index contributed by atoms with van der Waals surface area (Å²) in [7, 11) is -3.67. The summed E-state index contributed by atoms with van der Waals surface area (Å²) in [6.07, 6.45) is 10.4. The molecule has 6 rings (SSSR count).